The summed E-state index contributed by atoms with van der Waals surface area (Å²) in [5, 5.41) is 12.9. The van der Waals surface area contributed by atoms with Gasteiger partial charge in [-0.2, -0.15) is 0 Å². The summed E-state index contributed by atoms with van der Waals surface area (Å²) in [7, 11) is 0. The zero-order chi connectivity index (χ0) is 23.5. The molecule has 172 valence electrons. The lowest BCUT2D eigenvalue weighted by Crippen LogP contribution is -2.53. The number of piperazine rings is 1. The van der Waals surface area contributed by atoms with E-state index in [4.69, 9.17) is 17.3 Å². The molecular weight excluding hydrogens is 448 g/mol. The largest absolute Gasteiger partial charge is 0.465 e. The molecule has 0 spiro atoms. The topological polar surface area (TPSA) is 145 Å². The number of carbonyl (C=O) groups excluding carboxylic acids is 2. The first-order valence-corrected chi connectivity index (χ1v) is 10.7. The molecule has 2 aromatic heterocycles. The molecule has 1 aromatic carbocycles. The quantitative estimate of drug-likeness (QED) is 0.386. The zero-order valence-electron chi connectivity index (χ0n) is 17.6. The maximum atomic E-state index is 12.9. The van der Waals surface area contributed by atoms with Crippen molar-refractivity contribution in [3.05, 3.63) is 58.9 Å². The highest BCUT2D eigenvalue weighted by Crippen LogP contribution is 2.30. The minimum Gasteiger partial charge on any atom is -0.465 e. The molecule has 1 unspecified atom stereocenters. The SMILES string of the molecule is NC(=O)c1cnc2[nH]ccc2c1N1CCN(CC(NC(=O)O)C(=O)c2ccc(Cl)cc2)CC1. The number of carboxylic acid groups (broad SMARTS) is 1. The Bertz CT molecular complexity index is 1190. The van der Waals surface area contributed by atoms with Gasteiger partial charge in [-0.3, -0.25) is 14.5 Å². The lowest BCUT2D eigenvalue weighted by Gasteiger charge is -2.38. The smallest absolute Gasteiger partial charge is 0.405 e. The fourth-order valence-electron chi connectivity index (χ4n) is 4.09. The van der Waals surface area contributed by atoms with Crippen LogP contribution in [0, 0.1) is 0 Å². The number of amides is 2. The molecular formula is C22H23ClN6O4. The highest BCUT2D eigenvalue weighted by atomic mass is 35.5. The van der Waals surface area contributed by atoms with E-state index in [0.717, 1.165) is 11.1 Å². The van der Waals surface area contributed by atoms with E-state index in [1.54, 1.807) is 30.5 Å². The van der Waals surface area contributed by atoms with Crippen LogP contribution in [0.4, 0.5) is 10.5 Å². The predicted molar refractivity (Wildman–Crippen MR) is 124 cm³/mol. The number of H-pyrrole nitrogens is 1. The van der Waals surface area contributed by atoms with Gasteiger partial charge in [0.15, 0.2) is 5.78 Å². The van der Waals surface area contributed by atoms with E-state index in [1.807, 2.05) is 11.0 Å². The molecule has 0 saturated carbocycles. The van der Waals surface area contributed by atoms with Crippen molar-refractivity contribution in [2.75, 3.05) is 37.6 Å². The predicted octanol–water partition coefficient (Wildman–Crippen LogP) is 1.96. The van der Waals surface area contributed by atoms with Crippen molar-refractivity contribution in [2.45, 2.75) is 6.04 Å². The Morgan fingerprint density at radius 1 is 1.15 bits per heavy atom. The van der Waals surface area contributed by atoms with Crippen LogP contribution in [0.15, 0.2) is 42.7 Å². The number of rotatable bonds is 7. The lowest BCUT2D eigenvalue weighted by molar-refractivity contribution is 0.0901. The number of nitrogens with two attached hydrogens (primary N) is 1. The molecule has 1 aliphatic rings. The van der Waals surface area contributed by atoms with E-state index in [-0.39, 0.29) is 12.3 Å². The van der Waals surface area contributed by atoms with Crippen molar-refractivity contribution in [1.82, 2.24) is 20.2 Å². The molecule has 5 N–H and O–H groups in total. The molecule has 1 fully saturated rings. The minimum absolute atomic E-state index is 0.222. The van der Waals surface area contributed by atoms with Crippen LogP contribution in [-0.2, 0) is 0 Å². The summed E-state index contributed by atoms with van der Waals surface area (Å²) in [6.45, 7) is 2.50. The number of anilines is 1. The Balaban J connectivity index is 1.48. The molecule has 2 amide bonds. The Hall–Kier alpha value is -3.63. The number of halogens is 1. The summed E-state index contributed by atoms with van der Waals surface area (Å²) in [6.07, 6.45) is 1.96. The number of aromatic nitrogens is 2. The van der Waals surface area contributed by atoms with E-state index in [1.165, 1.54) is 6.20 Å². The van der Waals surface area contributed by atoms with Gasteiger partial charge in [0, 0.05) is 61.1 Å². The molecule has 3 aromatic rings. The van der Waals surface area contributed by atoms with Crippen LogP contribution in [0.1, 0.15) is 20.7 Å². The summed E-state index contributed by atoms with van der Waals surface area (Å²) in [5.74, 6) is -0.877. The van der Waals surface area contributed by atoms with Gasteiger partial charge < -0.3 is 26.0 Å². The van der Waals surface area contributed by atoms with Gasteiger partial charge in [-0.1, -0.05) is 11.6 Å². The highest BCUT2D eigenvalue weighted by molar-refractivity contribution is 6.30. The molecule has 1 saturated heterocycles. The number of ketones is 1. The number of aromatic amines is 1. The second-order valence-electron chi connectivity index (χ2n) is 7.79. The second-order valence-corrected chi connectivity index (χ2v) is 8.22. The van der Waals surface area contributed by atoms with Crippen LogP contribution in [0.3, 0.4) is 0 Å². The first kappa shape index (κ1) is 22.6. The summed E-state index contributed by atoms with van der Waals surface area (Å²) in [4.78, 5) is 47.6. The zero-order valence-corrected chi connectivity index (χ0v) is 18.4. The molecule has 11 heteroatoms. The van der Waals surface area contributed by atoms with Crippen molar-refractivity contribution < 1.29 is 19.5 Å². The van der Waals surface area contributed by atoms with Gasteiger partial charge in [0.05, 0.1) is 11.3 Å². The average molecular weight is 471 g/mol. The van der Waals surface area contributed by atoms with E-state index in [0.29, 0.717) is 48.0 Å². The van der Waals surface area contributed by atoms with E-state index in [2.05, 4.69) is 20.2 Å². The van der Waals surface area contributed by atoms with Crippen molar-refractivity contribution in [1.29, 1.82) is 0 Å². The van der Waals surface area contributed by atoms with Crippen LogP contribution in [0.2, 0.25) is 5.02 Å². The molecule has 10 nitrogen and oxygen atoms in total. The molecule has 4 rings (SSSR count). The maximum Gasteiger partial charge on any atom is 0.405 e. The summed E-state index contributed by atoms with van der Waals surface area (Å²) in [6, 6.07) is 7.28. The Kier molecular flexibility index (Phi) is 6.47. The van der Waals surface area contributed by atoms with E-state index in [9.17, 15) is 19.5 Å². The third-order valence-electron chi connectivity index (χ3n) is 5.70. The number of hydrogen-bond acceptors (Lipinski definition) is 6. The minimum atomic E-state index is -1.27. The number of fused-ring (bicyclic) bond motifs is 1. The molecule has 0 radical (unpaired) electrons. The van der Waals surface area contributed by atoms with E-state index < -0.39 is 18.0 Å². The summed E-state index contributed by atoms with van der Waals surface area (Å²) in [5.41, 5.74) is 7.70. The standard InChI is InChI=1S/C22H23ClN6O4/c23-14-3-1-13(2-4-14)19(30)17(27-22(32)33)12-28-7-9-29(10-8-28)18-15-5-6-25-21(15)26-11-16(18)20(24)31/h1-6,11,17,27H,7-10,12H2,(H2,24,31)(H,25,26)(H,32,33). The Labute approximate surface area is 194 Å². The fourth-order valence-corrected chi connectivity index (χ4v) is 4.21. The van der Waals surface area contributed by atoms with Crippen molar-refractivity contribution >= 4 is 46.1 Å². The van der Waals surface area contributed by atoms with Gasteiger partial charge in [-0.05, 0) is 30.3 Å². The maximum absolute atomic E-state index is 12.9. The third-order valence-corrected chi connectivity index (χ3v) is 5.95. The molecule has 1 aliphatic heterocycles. The van der Waals surface area contributed by atoms with Gasteiger partial charge in [0.25, 0.3) is 5.91 Å². The van der Waals surface area contributed by atoms with Crippen LogP contribution in [0.5, 0.6) is 0 Å². The molecule has 0 aliphatic carbocycles. The van der Waals surface area contributed by atoms with Crippen molar-refractivity contribution in [3.8, 4) is 0 Å². The highest BCUT2D eigenvalue weighted by Gasteiger charge is 2.28. The monoisotopic (exact) mass is 470 g/mol. The summed E-state index contributed by atoms with van der Waals surface area (Å²) >= 11 is 5.89. The number of nitrogens with one attached hydrogen (secondary N) is 2. The number of pyridine rings is 1. The Morgan fingerprint density at radius 3 is 2.48 bits per heavy atom. The number of primary amides is 1. The van der Waals surface area contributed by atoms with Gasteiger partial charge in [0.1, 0.15) is 11.7 Å². The van der Waals surface area contributed by atoms with Crippen LogP contribution < -0.4 is 16.0 Å². The van der Waals surface area contributed by atoms with Crippen molar-refractivity contribution in [2.24, 2.45) is 5.73 Å². The van der Waals surface area contributed by atoms with Crippen molar-refractivity contribution in [3.63, 3.8) is 0 Å². The van der Waals surface area contributed by atoms with E-state index >= 15 is 0 Å². The van der Waals surface area contributed by atoms with Crippen LogP contribution >= 0.6 is 11.6 Å². The molecule has 1 atom stereocenters. The van der Waals surface area contributed by atoms with Gasteiger partial charge in [-0.25, -0.2) is 9.78 Å². The fraction of sp³-hybridized carbons (Fsp3) is 0.273. The number of carbonyl (C=O) groups is 3. The number of Topliss-reactive ketones (excluding diaryl/α,β-unsaturated/α-hetero) is 1. The van der Waals surface area contributed by atoms with Gasteiger partial charge in [-0.15, -0.1) is 0 Å². The number of benzene rings is 1. The second kappa shape index (κ2) is 9.47. The number of nitrogens with zero attached hydrogens (tertiary/aromatic N) is 3. The molecule has 3 heterocycles. The molecule has 33 heavy (non-hydrogen) atoms. The van der Waals surface area contributed by atoms with Gasteiger partial charge in [0.2, 0.25) is 0 Å². The average Bonchev–Trinajstić information content (AvgIpc) is 3.27. The lowest BCUT2D eigenvalue weighted by atomic mass is 10.0. The first-order chi connectivity index (χ1) is 15.8. The third kappa shape index (κ3) is 4.91. The normalized spacial score (nSPS) is 15.4. The van der Waals surface area contributed by atoms with Crippen LogP contribution in [-0.4, -0.2) is 76.5 Å². The Morgan fingerprint density at radius 2 is 1.85 bits per heavy atom. The first-order valence-electron chi connectivity index (χ1n) is 10.4. The summed E-state index contributed by atoms with van der Waals surface area (Å²) < 4.78 is 0. The molecule has 0 bridgehead atoms. The van der Waals surface area contributed by atoms with Gasteiger partial charge >= 0.3 is 6.09 Å². The number of hydrogen-bond donors (Lipinski definition) is 4. The van der Waals surface area contributed by atoms with Crippen LogP contribution in [0.25, 0.3) is 11.0 Å².